The number of aliphatic carboxylic acids is 1. The Balaban J connectivity index is 1.62. The quantitative estimate of drug-likeness (QED) is 0.785. The zero-order valence-corrected chi connectivity index (χ0v) is 15.9. The first-order valence-corrected chi connectivity index (χ1v) is 9.47. The first kappa shape index (κ1) is 18.9. The summed E-state index contributed by atoms with van der Waals surface area (Å²) < 4.78 is 19.1. The van der Waals surface area contributed by atoms with Gasteiger partial charge in [-0.1, -0.05) is 42.5 Å². The molecule has 4 rings (SSSR count). The van der Waals surface area contributed by atoms with Gasteiger partial charge in [0, 0.05) is 11.5 Å². The maximum absolute atomic E-state index is 13.6. The Kier molecular flexibility index (Phi) is 5.12. The number of benzene rings is 2. The number of aliphatic imine (C=N–C) groups is 1. The second-order valence-corrected chi connectivity index (χ2v) is 6.88. The molecule has 5 heteroatoms. The molecule has 0 spiro atoms. The Morgan fingerprint density at radius 2 is 1.69 bits per heavy atom. The monoisotopic (exact) mass is 389 g/mol. The molecule has 29 heavy (non-hydrogen) atoms. The van der Waals surface area contributed by atoms with E-state index in [1.807, 2.05) is 55.5 Å². The third-order valence-electron chi connectivity index (χ3n) is 5.03. The molecule has 146 valence electrons. The molecule has 2 aromatic rings. The lowest BCUT2D eigenvalue weighted by Crippen LogP contribution is -2.29. The van der Waals surface area contributed by atoms with Gasteiger partial charge in [-0.25, -0.2) is 9.18 Å². The molecule has 1 aliphatic carbocycles. The summed E-state index contributed by atoms with van der Waals surface area (Å²) in [7, 11) is 0. The van der Waals surface area contributed by atoms with Gasteiger partial charge in [-0.15, -0.1) is 0 Å². The van der Waals surface area contributed by atoms with Gasteiger partial charge >= 0.3 is 5.97 Å². The SMILES string of the molecule is CCOc1ccc(-c2ccc(C3=NC4C=CC(F)=CC4C(C(=O)O)=C3)cc2)cc1. The molecular weight excluding hydrogens is 369 g/mol. The third-order valence-corrected chi connectivity index (χ3v) is 5.03. The van der Waals surface area contributed by atoms with Crippen LogP contribution >= 0.6 is 0 Å². The highest BCUT2D eigenvalue weighted by Crippen LogP contribution is 2.32. The van der Waals surface area contributed by atoms with Crippen LogP contribution in [0.4, 0.5) is 4.39 Å². The van der Waals surface area contributed by atoms with E-state index in [2.05, 4.69) is 4.99 Å². The van der Waals surface area contributed by atoms with Crippen molar-refractivity contribution in [3.8, 4) is 16.9 Å². The van der Waals surface area contributed by atoms with Crippen molar-refractivity contribution in [2.75, 3.05) is 6.61 Å². The van der Waals surface area contributed by atoms with Gasteiger partial charge in [-0.3, -0.25) is 4.99 Å². The van der Waals surface area contributed by atoms with Gasteiger partial charge in [0.1, 0.15) is 11.6 Å². The molecule has 0 saturated heterocycles. The number of hydrogen-bond acceptors (Lipinski definition) is 3. The molecule has 0 saturated carbocycles. The second-order valence-electron chi connectivity index (χ2n) is 6.88. The molecule has 2 aliphatic rings. The lowest BCUT2D eigenvalue weighted by Gasteiger charge is -2.27. The van der Waals surface area contributed by atoms with Gasteiger partial charge in [0.15, 0.2) is 0 Å². The van der Waals surface area contributed by atoms with Gasteiger partial charge in [-0.2, -0.15) is 0 Å². The average Bonchev–Trinajstić information content (AvgIpc) is 2.74. The van der Waals surface area contributed by atoms with Crippen molar-refractivity contribution < 1.29 is 19.0 Å². The van der Waals surface area contributed by atoms with Crippen LogP contribution in [0, 0.1) is 5.92 Å². The number of allylic oxidation sites excluding steroid dienone is 3. The molecule has 0 fully saturated rings. The number of dihydropyridines is 1. The van der Waals surface area contributed by atoms with Gasteiger partial charge in [0.2, 0.25) is 0 Å². The Labute approximate surface area is 168 Å². The summed E-state index contributed by atoms with van der Waals surface area (Å²) >= 11 is 0. The van der Waals surface area contributed by atoms with E-state index in [1.54, 1.807) is 12.2 Å². The lowest BCUT2D eigenvalue weighted by molar-refractivity contribution is -0.133. The minimum Gasteiger partial charge on any atom is -0.494 e. The van der Waals surface area contributed by atoms with Crippen molar-refractivity contribution in [3.63, 3.8) is 0 Å². The van der Waals surface area contributed by atoms with Crippen LogP contribution in [0.3, 0.4) is 0 Å². The molecule has 0 bridgehead atoms. The highest BCUT2D eigenvalue weighted by Gasteiger charge is 2.32. The molecule has 2 atom stereocenters. The summed E-state index contributed by atoms with van der Waals surface area (Å²) in [6.45, 7) is 2.57. The van der Waals surface area contributed by atoms with E-state index < -0.39 is 23.8 Å². The fraction of sp³-hybridized carbons (Fsp3) is 0.167. The lowest BCUT2D eigenvalue weighted by atomic mass is 9.84. The molecule has 1 N–H and O–H groups in total. The van der Waals surface area contributed by atoms with Crippen LogP contribution in [-0.4, -0.2) is 29.4 Å². The smallest absolute Gasteiger partial charge is 0.332 e. The molecule has 0 aromatic heterocycles. The van der Waals surface area contributed by atoms with Crippen molar-refractivity contribution in [2.24, 2.45) is 10.9 Å². The van der Waals surface area contributed by atoms with Gasteiger partial charge < -0.3 is 9.84 Å². The average molecular weight is 389 g/mol. The zero-order chi connectivity index (χ0) is 20.4. The fourth-order valence-corrected chi connectivity index (χ4v) is 3.58. The summed E-state index contributed by atoms with van der Waals surface area (Å²) in [5, 5.41) is 9.57. The number of carboxylic acids is 1. The van der Waals surface area contributed by atoms with E-state index in [0.717, 1.165) is 22.4 Å². The first-order chi connectivity index (χ1) is 14.0. The molecule has 4 nitrogen and oxygen atoms in total. The van der Waals surface area contributed by atoms with E-state index in [4.69, 9.17) is 4.74 Å². The van der Waals surface area contributed by atoms with E-state index in [0.29, 0.717) is 12.3 Å². The van der Waals surface area contributed by atoms with Crippen LogP contribution in [0.5, 0.6) is 5.75 Å². The predicted molar refractivity (Wildman–Crippen MR) is 111 cm³/mol. The predicted octanol–water partition coefficient (Wildman–Crippen LogP) is 4.97. The van der Waals surface area contributed by atoms with Crippen LogP contribution in [0.1, 0.15) is 12.5 Å². The van der Waals surface area contributed by atoms with Gasteiger partial charge in [-0.05, 0) is 54.0 Å². The van der Waals surface area contributed by atoms with E-state index in [9.17, 15) is 14.3 Å². The summed E-state index contributed by atoms with van der Waals surface area (Å²) in [5.41, 5.74) is 3.65. The summed E-state index contributed by atoms with van der Waals surface area (Å²) in [4.78, 5) is 16.3. The topological polar surface area (TPSA) is 58.9 Å². The van der Waals surface area contributed by atoms with Crippen molar-refractivity contribution >= 4 is 11.7 Å². The Hall–Kier alpha value is -3.47. The number of fused-ring (bicyclic) bond motifs is 1. The Morgan fingerprint density at radius 1 is 1.07 bits per heavy atom. The normalized spacial score (nSPS) is 20.3. The van der Waals surface area contributed by atoms with Gasteiger partial charge in [0.25, 0.3) is 0 Å². The van der Waals surface area contributed by atoms with Crippen LogP contribution in [-0.2, 0) is 4.79 Å². The number of carboxylic acid groups (broad SMARTS) is 1. The van der Waals surface area contributed by atoms with Crippen molar-refractivity contribution in [2.45, 2.75) is 13.0 Å². The zero-order valence-electron chi connectivity index (χ0n) is 15.9. The second kappa shape index (κ2) is 7.87. The molecule has 2 unspecified atom stereocenters. The largest absolute Gasteiger partial charge is 0.494 e. The standard InChI is InChI=1S/C24H20FNO3/c1-2-29-19-10-7-16(8-11-19)15-3-5-17(6-4-15)23-14-21(24(27)28)20-13-18(25)9-12-22(20)26-23/h3-14,20,22H,2H2,1H3,(H,27,28). The van der Waals surface area contributed by atoms with Crippen LogP contribution < -0.4 is 4.74 Å². The number of rotatable bonds is 5. The molecule has 0 amide bonds. The van der Waals surface area contributed by atoms with Crippen molar-refractivity contribution in [1.82, 2.24) is 0 Å². The van der Waals surface area contributed by atoms with Crippen molar-refractivity contribution in [3.05, 3.63) is 89.8 Å². The third kappa shape index (κ3) is 3.90. The number of halogens is 1. The summed E-state index contributed by atoms with van der Waals surface area (Å²) in [6, 6.07) is 15.2. The van der Waals surface area contributed by atoms with Gasteiger partial charge in [0.05, 0.1) is 18.4 Å². The van der Waals surface area contributed by atoms with E-state index in [1.165, 1.54) is 12.2 Å². The summed E-state index contributed by atoms with van der Waals surface area (Å²) in [6.07, 6.45) is 5.81. The van der Waals surface area contributed by atoms with E-state index in [-0.39, 0.29) is 5.57 Å². The molecule has 0 radical (unpaired) electrons. The molecule has 1 aliphatic heterocycles. The Morgan fingerprint density at radius 3 is 2.31 bits per heavy atom. The molecule has 2 aromatic carbocycles. The summed E-state index contributed by atoms with van der Waals surface area (Å²) in [5.74, 6) is -1.24. The number of nitrogens with zero attached hydrogens (tertiary/aromatic N) is 1. The number of hydrogen-bond donors (Lipinski definition) is 1. The van der Waals surface area contributed by atoms with Crippen molar-refractivity contribution in [1.29, 1.82) is 0 Å². The minimum absolute atomic E-state index is 0.148. The molecular formula is C24H20FNO3. The minimum atomic E-state index is -1.06. The first-order valence-electron chi connectivity index (χ1n) is 9.47. The Bertz CT molecular complexity index is 1050. The highest BCUT2D eigenvalue weighted by molar-refractivity contribution is 6.13. The highest BCUT2D eigenvalue weighted by atomic mass is 19.1. The van der Waals surface area contributed by atoms with E-state index >= 15 is 0 Å². The fourth-order valence-electron chi connectivity index (χ4n) is 3.58. The van der Waals surface area contributed by atoms with Crippen LogP contribution in [0.15, 0.2) is 89.2 Å². The van der Waals surface area contributed by atoms with Crippen LogP contribution in [0.2, 0.25) is 0 Å². The van der Waals surface area contributed by atoms with Crippen LogP contribution in [0.25, 0.3) is 11.1 Å². The number of ether oxygens (including phenoxy) is 1. The maximum Gasteiger partial charge on any atom is 0.332 e. The maximum atomic E-state index is 13.6. The molecule has 1 heterocycles. The number of carbonyl (C=O) groups is 1.